The summed E-state index contributed by atoms with van der Waals surface area (Å²) in [4.78, 5) is 11.2. The van der Waals surface area contributed by atoms with Gasteiger partial charge in [-0.3, -0.25) is 0 Å². The van der Waals surface area contributed by atoms with Crippen LogP contribution in [0.5, 0.6) is 0 Å². The number of nitrogens with one attached hydrogen (secondary N) is 2. The van der Waals surface area contributed by atoms with Gasteiger partial charge in [-0.2, -0.15) is 0 Å². The van der Waals surface area contributed by atoms with Crippen LogP contribution in [0.25, 0.3) is 0 Å². The van der Waals surface area contributed by atoms with Gasteiger partial charge in [0.25, 0.3) is 0 Å². The van der Waals surface area contributed by atoms with Gasteiger partial charge in [-0.05, 0) is 30.0 Å². The number of urea groups is 1. The number of anilines is 1. The largest absolute Gasteiger partial charge is 0.338 e. The standard InChI is InChI=1S/C11H14N2O/c1-2-8-3-4-10-9(7-8)5-6-12-11(14)13-10/h3-4,7H,2,5-6H2,1H3,(H2,12,13,14). The van der Waals surface area contributed by atoms with Crippen LogP contribution in [0.4, 0.5) is 10.5 Å². The fourth-order valence-corrected chi connectivity index (χ4v) is 1.67. The van der Waals surface area contributed by atoms with Crippen molar-refractivity contribution in [2.75, 3.05) is 11.9 Å². The molecule has 0 bridgehead atoms. The average Bonchev–Trinajstić information content (AvgIpc) is 2.37. The highest BCUT2D eigenvalue weighted by Crippen LogP contribution is 2.19. The fourth-order valence-electron chi connectivity index (χ4n) is 1.67. The van der Waals surface area contributed by atoms with Crippen molar-refractivity contribution in [2.24, 2.45) is 0 Å². The molecule has 2 N–H and O–H groups in total. The molecule has 2 rings (SSSR count). The van der Waals surface area contributed by atoms with Crippen LogP contribution in [0.3, 0.4) is 0 Å². The molecule has 2 amide bonds. The molecule has 1 aromatic rings. The Hall–Kier alpha value is -1.51. The van der Waals surface area contributed by atoms with Crippen molar-refractivity contribution in [3.8, 4) is 0 Å². The molecule has 0 saturated heterocycles. The molecule has 0 aromatic heterocycles. The van der Waals surface area contributed by atoms with Gasteiger partial charge in [0.1, 0.15) is 0 Å². The zero-order valence-electron chi connectivity index (χ0n) is 8.26. The minimum Gasteiger partial charge on any atom is -0.338 e. The molecule has 0 spiro atoms. The summed E-state index contributed by atoms with van der Waals surface area (Å²) in [6, 6.07) is 6.11. The molecule has 74 valence electrons. The molecule has 0 fully saturated rings. The molecule has 0 atom stereocenters. The highest BCUT2D eigenvalue weighted by molar-refractivity contribution is 5.90. The fraction of sp³-hybridized carbons (Fsp3) is 0.364. The Kier molecular flexibility index (Phi) is 2.39. The molecule has 3 nitrogen and oxygen atoms in total. The first-order valence-electron chi connectivity index (χ1n) is 4.96. The molecule has 1 aliphatic rings. The van der Waals surface area contributed by atoms with Crippen LogP contribution in [-0.2, 0) is 12.8 Å². The topological polar surface area (TPSA) is 41.1 Å². The predicted molar refractivity (Wildman–Crippen MR) is 56.5 cm³/mol. The first-order chi connectivity index (χ1) is 6.79. The quantitative estimate of drug-likeness (QED) is 0.698. The number of hydrogen-bond acceptors (Lipinski definition) is 1. The third kappa shape index (κ3) is 1.71. The Balaban J connectivity index is 2.35. The van der Waals surface area contributed by atoms with E-state index in [0.717, 1.165) is 18.5 Å². The molecule has 1 heterocycles. The lowest BCUT2D eigenvalue weighted by molar-refractivity contribution is 0.252. The van der Waals surface area contributed by atoms with E-state index in [4.69, 9.17) is 0 Å². The minimum atomic E-state index is -0.104. The third-order valence-electron chi connectivity index (χ3n) is 2.51. The lowest BCUT2D eigenvalue weighted by Gasteiger charge is -2.07. The summed E-state index contributed by atoms with van der Waals surface area (Å²) < 4.78 is 0. The van der Waals surface area contributed by atoms with Gasteiger partial charge in [0.2, 0.25) is 0 Å². The van der Waals surface area contributed by atoms with E-state index < -0.39 is 0 Å². The van der Waals surface area contributed by atoms with Gasteiger partial charge in [-0.25, -0.2) is 4.79 Å². The second-order valence-corrected chi connectivity index (χ2v) is 3.48. The number of fused-ring (bicyclic) bond motifs is 1. The summed E-state index contributed by atoms with van der Waals surface area (Å²) >= 11 is 0. The molecule has 3 heteroatoms. The van der Waals surface area contributed by atoms with E-state index in [9.17, 15) is 4.79 Å². The van der Waals surface area contributed by atoms with E-state index in [2.05, 4.69) is 29.7 Å². The van der Waals surface area contributed by atoms with Gasteiger partial charge in [0, 0.05) is 12.2 Å². The molecule has 0 saturated carbocycles. The lowest BCUT2D eigenvalue weighted by atomic mass is 10.0. The number of benzene rings is 1. The number of amides is 2. The smallest absolute Gasteiger partial charge is 0.319 e. The second-order valence-electron chi connectivity index (χ2n) is 3.48. The molecule has 0 radical (unpaired) electrons. The van der Waals surface area contributed by atoms with Crippen molar-refractivity contribution in [1.29, 1.82) is 0 Å². The van der Waals surface area contributed by atoms with Crippen molar-refractivity contribution >= 4 is 11.7 Å². The van der Waals surface area contributed by atoms with Crippen LogP contribution in [-0.4, -0.2) is 12.6 Å². The zero-order valence-corrected chi connectivity index (χ0v) is 8.26. The number of rotatable bonds is 1. The normalized spacial score (nSPS) is 15.1. The van der Waals surface area contributed by atoms with Crippen LogP contribution in [0, 0.1) is 0 Å². The first-order valence-corrected chi connectivity index (χ1v) is 4.96. The Bertz CT molecular complexity index is 360. The number of carbonyl (C=O) groups is 1. The Morgan fingerprint density at radius 2 is 2.29 bits per heavy atom. The van der Waals surface area contributed by atoms with Crippen molar-refractivity contribution in [1.82, 2.24) is 5.32 Å². The average molecular weight is 190 g/mol. The van der Waals surface area contributed by atoms with Crippen molar-refractivity contribution in [3.63, 3.8) is 0 Å². The summed E-state index contributed by atoms with van der Waals surface area (Å²) in [7, 11) is 0. The second kappa shape index (κ2) is 3.70. The lowest BCUT2D eigenvalue weighted by Crippen LogP contribution is -2.27. The Labute approximate surface area is 83.5 Å². The first kappa shape index (κ1) is 9.06. The summed E-state index contributed by atoms with van der Waals surface area (Å²) in [5, 5.41) is 5.60. The van der Waals surface area contributed by atoms with Gasteiger partial charge < -0.3 is 10.6 Å². The van der Waals surface area contributed by atoms with Gasteiger partial charge in [0.15, 0.2) is 0 Å². The van der Waals surface area contributed by atoms with Crippen LogP contribution < -0.4 is 10.6 Å². The van der Waals surface area contributed by atoms with Crippen LogP contribution in [0.2, 0.25) is 0 Å². The maximum absolute atomic E-state index is 11.2. The van der Waals surface area contributed by atoms with Gasteiger partial charge in [-0.1, -0.05) is 19.1 Å². The van der Waals surface area contributed by atoms with Crippen LogP contribution >= 0.6 is 0 Å². The Morgan fingerprint density at radius 3 is 3.07 bits per heavy atom. The van der Waals surface area contributed by atoms with E-state index in [1.807, 2.05) is 6.07 Å². The van der Waals surface area contributed by atoms with Crippen molar-refractivity contribution < 1.29 is 4.79 Å². The molecular weight excluding hydrogens is 176 g/mol. The summed E-state index contributed by atoms with van der Waals surface area (Å²) in [5.41, 5.74) is 3.49. The maximum atomic E-state index is 11.2. The molecule has 14 heavy (non-hydrogen) atoms. The van der Waals surface area contributed by atoms with Crippen molar-refractivity contribution in [3.05, 3.63) is 29.3 Å². The molecule has 1 aromatic carbocycles. The molecule has 0 unspecified atom stereocenters. The zero-order chi connectivity index (χ0) is 9.97. The minimum absolute atomic E-state index is 0.104. The molecule has 0 aliphatic carbocycles. The van der Waals surface area contributed by atoms with Gasteiger partial charge in [0.05, 0.1) is 0 Å². The van der Waals surface area contributed by atoms with E-state index in [1.165, 1.54) is 11.1 Å². The van der Waals surface area contributed by atoms with Crippen LogP contribution in [0.1, 0.15) is 18.1 Å². The number of aryl methyl sites for hydroxylation is 1. The van der Waals surface area contributed by atoms with E-state index >= 15 is 0 Å². The van der Waals surface area contributed by atoms with E-state index in [1.54, 1.807) is 0 Å². The summed E-state index contributed by atoms with van der Waals surface area (Å²) in [6.45, 7) is 2.85. The third-order valence-corrected chi connectivity index (χ3v) is 2.51. The van der Waals surface area contributed by atoms with Gasteiger partial charge in [-0.15, -0.1) is 0 Å². The maximum Gasteiger partial charge on any atom is 0.319 e. The monoisotopic (exact) mass is 190 g/mol. The number of hydrogen-bond donors (Lipinski definition) is 2. The Morgan fingerprint density at radius 1 is 1.43 bits per heavy atom. The highest BCUT2D eigenvalue weighted by Gasteiger charge is 2.11. The summed E-state index contributed by atoms with van der Waals surface area (Å²) in [5.74, 6) is 0. The SMILES string of the molecule is CCc1ccc2c(c1)CCNC(=O)N2. The molecular formula is C11H14N2O. The van der Waals surface area contributed by atoms with E-state index in [-0.39, 0.29) is 6.03 Å². The molecule has 1 aliphatic heterocycles. The van der Waals surface area contributed by atoms with E-state index in [0.29, 0.717) is 6.54 Å². The van der Waals surface area contributed by atoms with Gasteiger partial charge >= 0.3 is 6.03 Å². The predicted octanol–water partition coefficient (Wildman–Crippen LogP) is 1.93. The van der Waals surface area contributed by atoms with Crippen LogP contribution in [0.15, 0.2) is 18.2 Å². The van der Waals surface area contributed by atoms with Crippen molar-refractivity contribution in [2.45, 2.75) is 19.8 Å². The number of carbonyl (C=O) groups excluding carboxylic acids is 1. The summed E-state index contributed by atoms with van der Waals surface area (Å²) in [6.07, 6.45) is 1.94. The highest BCUT2D eigenvalue weighted by atomic mass is 16.2.